The van der Waals surface area contributed by atoms with E-state index >= 15 is 0 Å². The first kappa shape index (κ1) is 26.6. The molecular weight excluding hydrogens is 559 g/mol. The summed E-state index contributed by atoms with van der Waals surface area (Å²) in [5.41, 5.74) is 4.34. The van der Waals surface area contributed by atoms with E-state index in [0.717, 1.165) is 59.9 Å². The molecule has 16 heteroatoms. The monoisotopic (exact) mass is 579 g/mol. The Bertz CT molecular complexity index is 1600. The molecule has 1 aliphatic rings. The SMILES string of the molecule is Clc1ccc2nc(CNc3nc(N4CCNCC4)nc4c3ncn4-c3ccsc3)[nH]c2c1.O=C(O)C(F)(F)F. The standard InChI is InChI=1S/C21H20ClN9S.C2HF3O2/c22-13-1-2-15-16(9-13)27-17(26-15)10-24-19-18-20(31(12-25-18)14-3-8-32-11-14)29-21(28-19)30-6-4-23-5-7-30;3-2(4,5)1(6)7/h1-3,8-9,11-12,23H,4-7,10H2,(H,26,27)(H,24,28,29);(H,6,7). The topological polar surface area (TPSA) is 137 Å². The highest BCUT2D eigenvalue weighted by atomic mass is 35.5. The Morgan fingerprint density at radius 1 is 1.18 bits per heavy atom. The number of halogens is 4. The summed E-state index contributed by atoms with van der Waals surface area (Å²) in [5, 5.41) is 18.7. The van der Waals surface area contributed by atoms with E-state index in [4.69, 9.17) is 31.5 Å². The fourth-order valence-corrected chi connectivity index (χ4v) is 4.69. The number of piperazine rings is 1. The average molecular weight is 580 g/mol. The van der Waals surface area contributed by atoms with Gasteiger partial charge in [-0.15, -0.1) is 0 Å². The van der Waals surface area contributed by atoms with Gasteiger partial charge in [0.15, 0.2) is 17.0 Å². The number of nitrogens with zero attached hydrogens (tertiary/aromatic N) is 6. The van der Waals surface area contributed by atoms with E-state index in [1.165, 1.54) is 0 Å². The van der Waals surface area contributed by atoms with Gasteiger partial charge in [0.1, 0.15) is 12.2 Å². The van der Waals surface area contributed by atoms with E-state index in [1.807, 2.05) is 28.1 Å². The highest BCUT2D eigenvalue weighted by molar-refractivity contribution is 7.08. The summed E-state index contributed by atoms with van der Waals surface area (Å²) in [6.45, 7) is 4.03. The number of anilines is 2. The third-order valence-corrected chi connectivity index (χ3v) is 6.63. The second-order valence-electron chi connectivity index (χ2n) is 8.38. The summed E-state index contributed by atoms with van der Waals surface area (Å²) in [6, 6.07) is 7.69. The Hall–Kier alpha value is -3.95. The third-order valence-electron chi connectivity index (χ3n) is 5.73. The lowest BCUT2D eigenvalue weighted by molar-refractivity contribution is -0.192. The van der Waals surface area contributed by atoms with Gasteiger partial charge in [-0.1, -0.05) is 11.6 Å². The van der Waals surface area contributed by atoms with Crippen LogP contribution >= 0.6 is 22.9 Å². The third kappa shape index (κ3) is 6.05. The number of fused-ring (bicyclic) bond motifs is 2. The second kappa shape index (κ2) is 11.0. The minimum atomic E-state index is -5.08. The maximum absolute atomic E-state index is 10.6. The van der Waals surface area contributed by atoms with Crippen LogP contribution in [0.25, 0.3) is 27.9 Å². The summed E-state index contributed by atoms with van der Waals surface area (Å²) < 4.78 is 33.7. The largest absolute Gasteiger partial charge is 0.490 e. The van der Waals surface area contributed by atoms with Gasteiger partial charge in [-0.25, -0.2) is 14.8 Å². The number of H-pyrrole nitrogens is 1. The molecule has 204 valence electrons. The van der Waals surface area contributed by atoms with E-state index in [-0.39, 0.29) is 0 Å². The van der Waals surface area contributed by atoms with Crippen molar-refractivity contribution in [2.24, 2.45) is 0 Å². The molecule has 1 aromatic carbocycles. The van der Waals surface area contributed by atoms with Gasteiger partial charge in [-0.3, -0.25) is 4.57 Å². The maximum Gasteiger partial charge on any atom is 0.490 e. The molecule has 4 N–H and O–H groups in total. The van der Waals surface area contributed by atoms with Crippen LogP contribution in [0, 0.1) is 0 Å². The van der Waals surface area contributed by atoms with E-state index in [1.54, 1.807) is 17.7 Å². The highest BCUT2D eigenvalue weighted by Crippen LogP contribution is 2.26. The predicted molar refractivity (Wildman–Crippen MR) is 142 cm³/mol. The molecule has 0 spiro atoms. The first-order valence-corrected chi connectivity index (χ1v) is 12.9. The number of benzene rings is 1. The van der Waals surface area contributed by atoms with Crippen LogP contribution in [0.1, 0.15) is 5.82 Å². The summed E-state index contributed by atoms with van der Waals surface area (Å²) in [6.07, 6.45) is -3.28. The number of carbonyl (C=O) groups is 1. The molecule has 5 aromatic rings. The number of imidazole rings is 2. The maximum atomic E-state index is 10.6. The number of aliphatic carboxylic acids is 1. The molecule has 39 heavy (non-hydrogen) atoms. The molecule has 0 amide bonds. The normalized spacial score (nSPS) is 13.9. The van der Waals surface area contributed by atoms with Crippen LogP contribution in [0.3, 0.4) is 0 Å². The van der Waals surface area contributed by atoms with Crippen LogP contribution in [0.2, 0.25) is 5.02 Å². The molecule has 0 unspecified atom stereocenters. The lowest BCUT2D eigenvalue weighted by atomic mass is 10.3. The van der Waals surface area contributed by atoms with E-state index in [0.29, 0.717) is 23.3 Å². The minimum absolute atomic E-state index is 0.477. The molecule has 11 nitrogen and oxygen atoms in total. The molecule has 4 aromatic heterocycles. The highest BCUT2D eigenvalue weighted by Gasteiger charge is 2.38. The van der Waals surface area contributed by atoms with Crippen LogP contribution in [0.5, 0.6) is 0 Å². The number of hydrogen-bond donors (Lipinski definition) is 4. The van der Waals surface area contributed by atoms with Gasteiger partial charge in [0.05, 0.1) is 23.3 Å². The lowest BCUT2D eigenvalue weighted by Crippen LogP contribution is -2.44. The van der Waals surface area contributed by atoms with Gasteiger partial charge >= 0.3 is 12.1 Å². The number of aromatic nitrogens is 6. The van der Waals surface area contributed by atoms with E-state index in [2.05, 4.69) is 41.9 Å². The van der Waals surface area contributed by atoms with Crippen molar-refractivity contribution in [1.29, 1.82) is 0 Å². The Kier molecular flexibility index (Phi) is 7.54. The lowest BCUT2D eigenvalue weighted by Gasteiger charge is -2.27. The molecule has 1 aliphatic heterocycles. The van der Waals surface area contributed by atoms with Crippen molar-refractivity contribution in [2.45, 2.75) is 12.7 Å². The van der Waals surface area contributed by atoms with Crippen molar-refractivity contribution in [3.8, 4) is 5.69 Å². The van der Waals surface area contributed by atoms with Crippen LogP contribution < -0.4 is 15.5 Å². The van der Waals surface area contributed by atoms with Crippen LogP contribution in [-0.4, -0.2) is 72.9 Å². The summed E-state index contributed by atoms with van der Waals surface area (Å²) in [7, 11) is 0. The number of aromatic amines is 1. The Labute approximate surface area is 227 Å². The smallest absolute Gasteiger partial charge is 0.475 e. The predicted octanol–water partition coefficient (Wildman–Crippen LogP) is 4.06. The average Bonchev–Trinajstić information content (AvgIpc) is 3.66. The van der Waals surface area contributed by atoms with Crippen molar-refractivity contribution >= 4 is 62.9 Å². The molecule has 0 aliphatic carbocycles. The van der Waals surface area contributed by atoms with Gasteiger partial charge in [0, 0.05) is 36.6 Å². The molecule has 5 heterocycles. The molecule has 1 saturated heterocycles. The number of carboxylic acids is 1. The number of thiophene rings is 1. The van der Waals surface area contributed by atoms with E-state index in [9.17, 15) is 13.2 Å². The van der Waals surface area contributed by atoms with Crippen molar-refractivity contribution in [1.82, 2.24) is 34.8 Å². The van der Waals surface area contributed by atoms with Crippen LogP contribution in [0.4, 0.5) is 24.9 Å². The van der Waals surface area contributed by atoms with Crippen molar-refractivity contribution in [2.75, 3.05) is 36.4 Å². The minimum Gasteiger partial charge on any atom is -0.475 e. The molecule has 0 saturated carbocycles. The zero-order chi connectivity index (χ0) is 27.6. The molecular formula is C23H21ClF3N9O2S. The van der Waals surface area contributed by atoms with Crippen molar-refractivity contribution in [3.05, 3.63) is 52.2 Å². The zero-order valence-electron chi connectivity index (χ0n) is 20.0. The van der Waals surface area contributed by atoms with Gasteiger partial charge in [0.2, 0.25) is 5.95 Å². The Balaban J connectivity index is 0.000000392. The first-order valence-electron chi connectivity index (χ1n) is 11.6. The van der Waals surface area contributed by atoms with Gasteiger partial charge in [0.25, 0.3) is 0 Å². The van der Waals surface area contributed by atoms with Crippen LogP contribution in [-0.2, 0) is 11.3 Å². The van der Waals surface area contributed by atoms with Gasteiger partial charge < -0.3 is 25.6 Å². The van der Waals surface area contributed by atoms with E-state index < -0.39 is 12.1 Å². The number of alkyl halides is 3. The number of rotatable bonds is 5. The summed E-state index contributed by atoms with van der Waals surface area (Å²) >= 11 is 7.75. The first-order chi connectivity index (χ1) is 18.7. The molecule has 1 fully saturated rings. The zero-order valence-corrected chi connectivity index (χ0v) is 21.6. The van der Waals surface area contributed by atoms with Gasteiger partial charge in [-0.05, 0) is 29.6 Å². The molecule has 6 rings (SSSR count). The number of hydrogen-bond acceptors (Lipinski definition) is 9. The molecule has 0 bridgehead atoms. The fraction of sp³-hybridized carbons (Fsp3) is 0.261. The van der Waals surface area contributed by atoms with Crippen molar-refractivity contribution in [3.63, 3.8) is 0 Å². The van der Waals surface area contributed by atoms with Gasteiger partial charge in [-0.2, -0.15) is 34.5 Å². The van der Waals surface area contributed by atoms with Crippen LogP contribution in [0.15, 0.2) is 41.4 Å². The fourth-order valence-electron chi connectivity index (χ4n) is 3.89. The molecule has 0 radical (unpaired) electrons. The summed E-state index contributed by atoms with van der Waals surface area (Å²) in [4.78, 5) is 33.4. The van der Waals surface area contributed by atoms with Crippen molar-refractivity contribution < 1.29 is 23.1 Å². The summed E-state index contributed by atoms with van der Waals surface area (Å²) in [5.74, 6) is -0.562. The Morgan fingerprint density at radius 3 is 2.64 bits per heavy atom. The second-order valence-corrected chi connectivity index (χ2v) is 9.60. The number of nitrogens with one attached hydrogen (secondary N) is 3. The number of carboxylic acid groups (broad SMARTS) is 1. The molecule has 0 atom stereocenters. The Morgan fingerprint density at radius 2 is 1.95 bits per heavy atom. The quantitative estimate of drug-likeness (QED) is 0.243.